The van der Waals surface area contributed by atoms with Crippen molar-refractivity contribution in [2.45, 2.75) is 19.9 Å². The monoisotopic (exact) mass is 404 g/mol. The molecular weight excluding hydrogens is 384 g/mol. The quantitative estimate of drug-likeness (QED) is 0.514. The normalized spacial score (nSPS) is 11.8. The molecule has 2 aromatic carbocycles. The highest BCUT2D eigenvalue weighted by atomic mass is 16.5. The van der Waals surface area contributed by atoms with Crippen molar-refractivity contribution in [2.75, 3.05) is 7.11 Å². The van der Waals surface area contributed by atoms with Gasteiger partial charge in [0.25, 0.3) is 5.91 Å². The Balaban J connectivity index is 1.46. The summed E-state index contributed by atoms with van der Waals surface area (Å²) in [5, 5.41) is 10.8. The van der Waals surface area contributed by atoms with Gasteiger partial charge in [-0.3, -0.25) is 4.79 Å². The van der Waals surface area contributed by atoms with Crippen LogP contribution in [0.25, 0.3) is 22.6 Å². The van der Waals surface area contributed by atoms with Crippen LogP contribution < -0.4 is 10.1 Å². The molecule has 0 aliphatic heterocycles. The van der Waals surface area contributed by atoms with E-state index in [1.54, 1.807) is 20.1 Å². The number of carbonyl (C=O) groups excluding carboxylic acids is 1. The van der Waals surface area contributed by atoms with E-state index < -0.39 is 11.9 Å². The van der Waals surface area contributed by atoms with Gasteiger partial charge in [0, 0.05) is 17.2 Å². The zero-order chi connectivity index (χ0) is 21.1. The Labute approximate surface area is 172 Å². The van der Waals surface area contributed by atoms with Crippen LogP contribution in [0.3, 0.4) is 0 Å². The third-order valence-corrected chi connectivity index (χ3v) is 4.54. The smallest absolute Gasteiger partial charge is 0.290 e. The summed E-state index contributed by atoms with van der Waals surface area (Å²) in [6, 6.07) is 16.2. The highest BCUT2D eigenvalue weighted by molar-refractivity contribution is 5.92. The van der Waals surface area contributed by atoms with Crippen LogP contribution in [0.4, 0.5) is 0 Å². The molecule has 0 saturated heterocycles. The maximum Gasteiger partial charge on any atom is 0.290 e. The molecular formula is C22H20N4O4. The van der Waals surface area contributed by atoms with Gasteiger partial charge < -0.3 is 19.1 Å². The summed E-state index contributed by atoms with van der Waals surface area (Å²) in [7, 11) is 1.59. The molecule has 2 heterocycles. The van der Waals surface area contributed by atoms with Crippen molar-refractivity contribution in [3.05, 3.63) is 71.8 Å². The Kier molecular flexibility index (Phi) is 5.30. The highest BCUT2D eigenvalue weighted by Gasteiger charge is 2.21. The number of hydrogen-bond donors (Lipinski definition) is 1. The first-order valence-electron chi connectivity index (χ1n) is 9.36. The summed E-state index contributed by atoms with van der Waals surface area (Å²) >= 11 is 0. The van der Waals surface area contributed by atoms with E-state index in [9.17, 15) is 4.79 Å². The molecule has 1 unspecified atom stereocenters. The first kappa shape index (κ1) is 19.4. The van der Waals surface area contributed by atoms with Gasteiger partial charge in [-0.25, -0.2) is 0 Å². The van der Waals surface area contributed by atoms with E-state index >= 15 is 0 Å². The Morgan fingerprint density at radius 2 is 1.83 bits per heavy atom. The van der Waals surface area contributed by atoms with Gasteiger partial charge >= 0.3 is 0 Å². The van der Waals surface area contributed by atoms with Gasteiger partial charge in [0.15, 0.2) is 0 Å². The van der Waals surface area contributed by atoms with E-state index in [0.29, 0.717) is 23.2 Å². The average molecular weight is 404 g/mol. The number of ether oxygens (including phenoxy) is 1. The highest BCUT2D eigenvalue weighted by Crippen LogP contribution is 2.24. The second-order valence-electron chi connectivity index (χ2n) is 6.83. The summed E-state index contributed by atoms with van der Waals surface area (Å²) in [5.41, 5.74) is 3.26. The second-order valence-corrected chi connectivity index (χ2v) is 6.83. The van der Waals surface area contributed by atoms with Crippen LogP contribution in [0.15, 0.2) is 63.6 Å². The lowest BCUT2D eigenvalue weighted by atomic mass is 10.1. The van der Waals surface area contributed by atoms with Gasteiger partial charge in [-0.15, -0.1) is 0 Å². The lowest BCUT2D eigenvalue weighted by molar-refractivity contribution is 0.0895. The van der Waals surface area contributed by atoms with Gasteiger partial charge in [-0.05, 0) is 32.0 Å². The molecule has 0 aliphatic rings. The Bertz CT molecular complexity index is 1180. The van der Waals surface area contributed by atoms with Crippen LogP contribution >= 0.6 is 0 Å². The van der Waals surface area contributed by atoms with Crippen molar-refractivity contribution in [3.8, 4) is 28.4 Å². The lowest BCUT2D eigenvalue weighted by Gasteiger charge is -2.07. The molecule has 8 heteroatoms. The van der Waals surface area contributed by atoms with Crippen molar-refractivity contribution >= 4 is 5.91 Å². The zero-order valence-corrected chi connectivity index (χ0v) is 16.7. The van der Waals surface area contributed by atoms with Crippen molar-refractivity contribution in [1.29, 1.82) is 0 Å². The maximum absolute atomic E-state index is 12.6. The topological polar surface area (TPSA) is 103 Å². The Hall–Kier alpha value is -3.94. The molecule has 0 fully saturated rings. The minimum atomic E-state index is -0.506. The van der Waals surface area contributed by atoms with Gasteiger partial charge in [0.05, 0.1) is 7.11 Å². The molecule has 152 valence electrons. The summed E-state index contributed by atoms with van der Waals surface area (Å²) < 4.78 is 15.7. The van der Waals surface area contributed by atoms with E-state index in [0.717, 1.165) is 16.7 Å². The first-order chi connectivity index (χ1) is 14.5. The van der Waals surface area contributed by atoms with Crippen LogP contribution in [0.2, 0.25) is 0 Å². The molecule has 0 saturated carbocycles. The predicted molar refractivity (Wildman–Crippen MR) is 109 cm³/mol. The number of nitrogens with zero attached hydrogens (tertiary/aromatic N) is 3. The SMILES string of the molecule is COc1cccc(-c2cc(C(=O)NC(C)c3nc(-c4cccc(C)c4)no3)on2)c1. The largest absolute Gasteiger partial charge is 0.497 e. The molecule has 0 aliphatic carbocycles. The summed E-state index contributed by atoms with van der Waals surface area (Å²) in [5.74, 6) is 1.11. The number of aryl methyl sites for hydroxylation is 1. The molecule has 4 rings (SSSR count). The van der Waals surface area contributed by atoms with Gasteiger partial charge in [0.2, 0.25) is 17.5 Å². The van der Waals surface area contributed by atoms with E-state index in [2.05, 4.69) is 20.6 Å². The van der Waals surface area contributed by atoms with Crippen molar-refractivity contribution in [1.82, 2.24) is 20.6 Å². The number of hydrogen-bond acceptors (Lipinski definition) is 7. The lowest BCUT2D eigenvalue weighted by Crippen LogP contribution is -2.26. The van der Waals surface area contributed by atoms with Crippen LogP contribution in [-0.2, 0) is 0 Å². The summed E-state index contributed by atoms with van der Waals surface area (Å²) in [4.78, 5) is 16.9. The molecule has 0 radical (unpaired) electrons. The number of carbonyl (C=O) groups is 1. The van der Waals surface area contributed by atoms with Crippen LogP contribution in [-0.4, -0.2) is 28.3 Å². The number of rotatable bonds is 6. The number of benzene rings is 2. The number of methoxy groups -OCH3 is 1. The molecule has 1 N–H and O–H groups in total. The molecule has 4 aromatic rings. The fourth-order valence-corrected chi connectivity index (χ4v) is 2.94. The van der Waals surface area contributed by atoms with Crippen LogP contribution in [0.5, 0.6) is 5.75 Å². The molecule has 2 aromatic heterocycles. The van der Waals surface area contributed by atoms with E-state index in [1.165, 1.54) is 0 Å². The minimum absolute atomic E-state index is 0.0816. The molecule has 1 atom stereocenters. The molecule has 1 amide bonds. The van der Waals surface area contributed by atoms with Crippen molar-refractivity contribution < 1.29 is 18.6 Å². The van der Waals surface area contributed by atoms with E-state index in [-0.39, 0.29) is 5.76 Å². The molecule has 0 bridgehead atoms. The third-order valence-electron chi connectivity index (χ3n) is 4.54. The standard InChI is InChI=1S/C22H20N4O4/c1-13-6-4-8-16(10-13)20-24-22(30-26-20)14(2)23-21(27)19-12-18(25-29-19)15-7-5-9-17(11-15)28-3/h4-12,14H,1-3H3,(H,23,27). The third kappa shape index (κ3) is 4.07. The fraction of sp³-hybridized carbons (Fsp3) is 0.182. The zero-order valence-electron chi connectivity index (χ0n) is 16.7. The predicted octanol–water partition coefficient (Wildman–Crippen LogP) is 4.20. The molecule has 8 nitrogen and oxygen atoms in total. The number of amides is 1. The maximum atomic E-state index is 12.6. The summed E-state index contributed by atoms with van der Waals surface area (Å²) in [6.07, 6.45) is 0. The van der Waals surface area contributed by atoms with Gasteiger partial charge in [0.1, 0.15) is 17.5 Å². The molecule has 30 heavy (non-hydrogen) atoms. The van der Waals surface area contributed by atoms with Crippen molar-refractivity contribution in [3.63, 3.8) is 0 Å². The summed E-state index contributed by atoms with van der Waals surface area (Å²) in [6.45, 7) is 3.75. The second kappa shape index (κ2) is 8.20. The average Bonchev–Trinajstić information content (AvgIpc) is 3.44. The minimum Gasteiger partial charge on any atom is -0.497 e. The molecule has 0 spiro atoms. The first-order valence-corrected chi connectivity index (χ1v) is 9.36. The Morgan fingerprint density at radius 3 is 2.63 bits per heavy atom. The fourth-order valence-electron chi connectivity index (χ4n) is 2.94. The van der Waals surface area contributed by atoms with Crippen LogP contribution in [0.1, 0.15) is 35.0 Å². The number of nitrogens with one attached hydrogen (secondary N) is 1. The Morgan fingerprint density at radius 1 is 1.03 bits per heavy atom. The van der Waals surface area contributed by atoms with Crippen molar-refractivity contribution in [2.24, 2.45) is 0 Å². The van der Waals surface area contributed by atoms with E-state index in [4.69, 9.17) is 13.8 Å². The van der Waals surface area contributed by atoms with Crippen LogP contribution in [0, 0.1) is 6.92 Å². The number of aromatic nitrogens is 3. The van der Waals surface area contributed by atoms with Gasteiger partial charge in [-0.2, -0.15) is 4.98 Å². The van der Waals surface area contributed by atoms with Gasteiger partial charge in [-0.1, -0.05) is 46.2 Å². The van der Waals surface area contributed by atoms with E-state index in [1.807, 2.05) is 55.5 Å².